The normalized spacial score (nSPS) is 13.3. The third kappa shape index (κ3) is 4.36. The molecule has 0 bridgehead atoms. The highest BCUT2D eigenvalue weighted by atomic mass is 35.5. The van der Waals surface area contributed by atoms with E-state index < -0.39 is 9.84 Å². The quantitative estimate of drug-likeness (QED) is 0.758. The standard InChI is InChI=1S/C19H20ClNO5S/c1-3-21(12-13-4-7-17-18(10-13)26-9-8-25-17)19(22)15-11-14(27(2,23)24)5-6-16(15)20/h4-7,10-11H,3,8-9,12H2,1-2H3. The van der Waals surface area contributed by atoms with Crippen LogP contribution in [0.15, 0.2) is 41.3 Å². The summed E-state index contributed by atoms with van der Waals surface area (Å²) in [5.74, 6) is 1.01. The number of amides is 1. The van der Waals surface area contributed by atoms with Crippen molar-refractivity contribution in [1.82, 2.24) is 4.90 Å². The van der Waals surface area contributed by atoms with Crippen molar-refractivity contribution in [3.05, 3.63) is 52.5 Å². The Morgan fingerprint density at radius 3 is 2.48 bits per heavy atom. The van der Waals surface area contributed by atoms with Gasteiger partial charge in [-0.15, -0.1) is 0 Å². The van der Waals surface area contributed by atoms with Gasteiger partial charge in [-0.3, -0.25) is 4.79 Å². The third-order valence-corrected chi connectivity index (χ3v) is 5.69. The SMILES string of the molecule is CCN(Cc1ccc2c(c1)OCCO2)C(=O)c1cc(S(C)(=O)=O)ccc1Cl. The van der Waals surface area contributed by atoms with E-state index in [9.17, 15) is 13.2 Å². The minimum absolute atomic E-state index is 0.0608. The first-order valence-corrected chi connectivity index (χ1v) is 10.7. The molecule has 0 fully saturated rings. The number of benzene rings is 2. The largest absolute Gasteiger partial charge is 0.486 e. The minimum Gasteiger partial charge on any atom is -0.486 e. The number of sulfone groups is 1. The van der Waals surface area contributed by atoms with Gasteiger partial charge in [-0.1, -0.05) is 17.7 Å². The van der Waals surface area contributed by atoms with Crippen LogP contribution in [0.3, 0.4) is 0 Å². The molecule has 1 amide bonds. The fourth-order valence-corrected chi connectivity index (χ4v) is 3.65. The second-order valence-corrected chi connectivity index (χ2v) is 8.63. The number of ether oxygens (including phenoxy) is 2. The van der Waals surface area contributed by atoms with E-state index in [0.29, 0.717) is 37.8 Å². The van der Waals surface area contributed by atoms with E-state index in [1.807, 2.05) is 25.1 Å². The Bertz CT molecular complexity index is 974. The Labute approximate surface area is 163 Å². The van der Waals surface area contributed by atoms with Crippen molar-refractivity contribution < 1.29 is 22.7 Å². The molecule has 1 aliphatic heterocycles. The summed E-state index contributed by atoms with van der Waals surface area (Å²) in [7, 11) is -3.44. The predicted octanol–water partition coefficient (Wildman–Crippen LogP) is 3.18. The Balaban J connectivity index is 1.87. The van der Waals surface area contributed by atoms with Gasteiger partial charge in [0.05, 0.1) is 15.5 Å². The molecule has 2 aromatic carbocycles. The van der Waals surface area contributed by atoms with Gasteiger partial charge in [0.25, 0.3) is 5.91 Å². The monoisotopic (exact) mass is 409 g/mol. The van der Waals surface area contributed by atoms with Crippen molar-refractivity contribution in [2.75, 3.05) is 26.0 Å². The van der Waals surface area contributed by atoms with Gasteiger partial charge in [0, 0.05) is 19.3 Å². The molecule has 1 aliphatic rings. The molecule has 0 aliphatic carbocycles. The van der Waals surface area contributed by atoms with Gasteiger partial charge in [0.2, 0.25) is 0 Å². The molecular formula is C19H20ClNO5S. The van der Waals surface area contributed by atoms with Gasteiger partial charge >= 0.3 is 0 Å². The summed E-state index contributed by atoms with van der Waals surface area (Å²) in [6.07, 6.45) is 1.09. The molecular weight excluding hydrogens is 390 g/mol. The molecule has 0 aromatic heterocycles. The molecule has 1 heterocycles. The topological polar surface area (TPSA) is 72.9 Å². The molecule has 144 valence electrons. The molecule has 0 saturated carbocycles. The summed E-state index contributed by atoms with van der Waals surface area (Å²) in [6.45, 7) is 3.63. The highest BCUT2D eigenvalue weighted by Gasteiger charge is 2.21. The van der Waals surface area contributed by atoms with Crippen LogP contribution < -0.4 is 9.47 Å². The van der Waals surface area contributed by atoms with Crippen LogP contribution in [0.5, 0.6) is 11.5 Å². The lowest BCUT2D eigenvalue weighted by Gasteiger charge is -2.23. The molecule has 0 radical (unpaired) electrons. The maximum Gasteiger partial charge on any atom is 0.255 e. The number of rotatable bonds is 5. The summed E-state index contributed by atoms with van der Waals surface area (Å²) in [5.41, 5.74) is 1.05. The van der Waals surface area contributed by atoms with Crippen molar-refractivity contribution in [2.24, 2.45) is 0 Å². The van der Waals surface area contributed by atoms with Crippen molar-refractivity contribution in [3.63, 3.8) is 0 Å². The van der Waals surface area contributed by atoms with E-state index in [4.69, 9.17) is 21.1 Å². The molecule has 0 saturated heterocycles. The zero-order valence-corrected chi connectivity index (χ0v) is 16.6. The van der Waals surface area contributed by atoms with Gasteiger partial charge in [0.1, 0.15) is 13.2 Å². The summed E-state index contributed by atoms with van der Waals surface area (Å²) in [5, 5.41) is 0.216. The molecule has 27 heavy (non-hydrogen) atoms. The number of halogens is 1. The highest BCUT2D eigenvalue weighted by Crippen LogP contribution is 2.31. The Morgan fingerprint density at radius 1 is 1.11 bits per heavy atom. The van der Waals surface area contributed by atoms with Crippen LogP contribution in [0.1, 0.15) is 22.8 Å². The average Bonchev–Trinajstić information content (AvgIpc) is 2.65. The van der Waals surface area contributed by atoms with Crippen LogP contribution in [0.4, 0.5) is 0 Å². The lowest BCUT2D eigenvalue weighted by molar-refractivity contribution is 0.0752. The number of carbonyl (C=O) groups is 1. The summed E-state index contributed by atoms with van der Waals surface area (Å²) in [6, 6.07) is 9.69. The highest BCUT2D eigenvalue weighted by molar-refractivity contribution is 7.90. The van der Waals surface area contributed by atoms with E-state index in [1.54, 1.807) is 4.90 Å². The predicted molar refractivity (Wildman–Crippen MR) is 102 cm³/mol. The molecule has 0 N–H and O–H groups in total. The minimum atomic E-state index is -3.44. The van der Waals surface area contributed by atoms with Gasteiger partial charge in [-0.2, -0.15) is 0 Å². The van der Waals surface area contributed by atoms with E-state index in [-0.39, 0.29) is 21.4 Å². The maximum atomic E-state index is 13.0. The van der Waals surface area contributed by atoms with Crippen LogP contribution >= 0.6 is 11.6 Å². The fourth-order valence-electron chi connectivity index (χ4n) is 2.80. The second kappa shape index (κ2) is 7.78. The van der Waals surface area contributed by atoms with Crippen molar-refractivity contribution in [3.8, 4) is 11.5 Å². The lowest BCUT2D eigenvalue weighted by atomic mass is 10.1. The molecule has 0 unspecified atom stereocenters. The first-order valence-electron chi connectivity index (χ1n) is 8.47. The molecule has 0 spiro atoms. The number of nitrogens with zero attached hydrogens (tertiary/aromatic N) is 1. The zero-order chi connectivity index (χ0) is 19.6. The molecule has 2 aromatic rings. The Morgan fingerprint density at radius 2 is 1.81 bits per heavy atom. The van der Waals surface area contributed by atoms with Crippen LogP contribution in [0.2, 0.25) is 5.02 Å². The van der Waals surface area contributed by atoms with E-state index in [1.165, 1.54) is 18.2 Å². The number of fused-ring (bicyclic) bond motifs is 1. The average molecular weight is 410 g/mol. The fraction of sp³-hybridized carbons (Fsp3) is 0.316. The lowest BCUT2D eigenvalue weighted by Crippen LogP contribution is -2.30. The van der Waals surface area contributed by atoms with Crippen LogP contribution in [0, 0.1) is 0 Å². The first kappa shape index (κ1) is 19.5. The van der Waals surface area contributed by atoms with Crippen LogP contribution in [-0.4, -0.2) is 45.2 Å². The van der Waals surface area contributed by atoms with Gasteiger partial charge in [0.15, 0.2) is 21.3 Å². The second-order valence-electron chi connectivity index (χ2n) is 6.21. The molecule has 6 nitrogen and oxygen atoms in total. The molecule has 0 atom stereocenters. The van der Waals surface area contributed by atoms with Crippen LogP contribution in [-0.2, 0) is 16.4 Å². The van der Waals surface area contributed by atoms with Gasteiger partial charge in [-0.25, -0.2) is 8.42 Å². The Hall–Kier alpha value is -2.25. The van der Waals surface area contributed by atoms with Crippen molar-refractivity contribution in [2.45, 2.75) is 18.4 Å². The first-order chi connectivity index (χ1) is 12.8. The molecule has 3 rings (SSSR count). The molecule has 8 heteroatoms. The smallest absolute Gasteiger partial charge is 0.255 e. The summed E-state index contributed by atoms with van der Waals surface area (Å²) < 4.78 is 34.7. The van der Waals surface area contributed by atoms with Gasteiger partial charge < -0.3 is 14.4 Å². The number of carbonyl (C=O) groups excluding carboxylic acids is 1. The summed E-state index contributed by atoms with van der Waals surface area (Å²) in [4.78, 5) is 14.6. The van der Waals surface area contributed by atoms with Crippen LogP contribution in [0.25, 0.3) is 0 Å². The third-order valence-electron chi connectivity index (χ3n) is 4.25. The van der Waals surface area contributed by atoms with Gasteiger partial charge in [-0.05, 0) is 42.8 Å². The van der Waals surface area contributed by atoms with E-state index >= 15 is 0 Å². The zero-order valence-electron chi connectivity index (χ0n) is 15.1. The summed E-state index contributed by atoms with van der Waals surface area (Å²) >= 11 is 6.16. The van der Waals surface area contributed by atoms with E-state index in [2.05, 4.69) is 0 Å². The maximum absolute atomic E-state index is 13.0. The van der Waals surface area contributed by atoms with E-state index in [0.717, 1.165) is 11.8 Å². The van der Waals surface area contributed by atoms with Crippen molar-refractivity contribution in [1.29, 1.82) is 0 Å². The number of hydrogen-bond acceptors (Lipinski definition) is 5. The van der Waals surface area contributed by atoms with Crippen molar-refractivity contribution >= 4 is 27.3 Å². The number of hydrogen-bond donors (Lipinski definition) is 0. The Kier molecular flexibility index (Phi) is 5.62.